The minimum atomic E-state index is -3.74. The quantitative estimate of drug-likeness (QED) is 0.797. The van der Waals surface area contributed by atoms with Gasteiger partial charge in [0.1, 0.15) is 0 Å². The summed E-state index contributed by atoms with van der Waals surface area (Å²) in [6.45, 7) is 3.43. The van der Waals surface area contributed by atoms with E-state index >= 15 is 0 Å². The molecule has 4 nitrogen and oxygen atoms in total. The van der Waals surface area contributed by atoms with Gasteiger partial charge in [-0.2, -0.15) is 8.42 Å². The number of aryl methyl sites for hydroxylation is 1. The molecule has 0 bridgehead atoms. The minimum absolute atomic E-state index is 0.112. The molecule has 0 unspecified atom stereocenters. The van der Waals surface area contributed by atoms with Crippen molar-refractivity contribution in [2.45, 2.75) is 31.3 Å². The second-order valence-corrected chi connectivity index (χ2v) is 5.23. The predicted octanol–water partition coefficient (Wildman–Crippen LogP) is 1.47. The van der Waals surface area contributed by atoms with E-state index in [2.05, 4.69) is 0 Å². The first-order chi connectivity index (χ1) is 7.45. The summed E-state index contributed by atoms with van der Waals surface area (Å²) in [5.41, 5.74) is 0.979. The molecule has 0 saturated heterocycles. The van der Waals surface area contributed by atoms with Crippen molar-refractivity contribution in [3.63, 3.8) is 0 Å². The van der Waals surface area contributed by atoms with Gasteiger partial charge in [-0.3, -0.25) is 4.18 Å². The predicted molar refractivity (Wildman–Crippen MR) is 60.6 cm³/mol. The van der Waals surface area contributed by atoms with E-state index in [1.807, 2.05) is 6.92 Å². The summed E-state index contributed by atoms with van der Waals surface area (Å²) in [5.74, 6) is 0. The summed E-state index contributed by atoms with van der Waals surface area (Å²) >= 11 is 0. The molecular formula is C11H16O4S. The van der Waals surface area contributed by atoms with Gasteiger partial charge in [0.2, 0.25) is 0 Å². The van der Waals surface area contributed by atoms with Crippen molar-refractivity contribution in [3.8, 4) is 0 Å². The molecule has 1 N–H and O–H groups in total. The Bertz CT molecular complexity index is 422. The van der Waals surface area contributed by atoms with Crippen LogP contribution in [0.3, 0.4) is 0 Å². The molecule has 5 heteroatoms. The Kier molecular flexibility index (Phi) is 4.46. The smallest absolute Gasteiger partial charge is 0.297 e. The highest BCUT2D eigenvalue weighted by atomic mass is 32.2. The second kappa shape index (κ2) is 5.43. The zero-order chi connectivity index (χ0) is 12.2. The first-order valence-electron chi connectivity index (χ1n) is 5.10. The largest absolute Gasteiger partial charge is 0.391 e. The number of aliphatic hydroxyl groups excluding tert-OH is 1. The molecule has 0 aliphatic rings. The van der Waals surface area contributed by atoms with Crippen LogP contribution in [0.1, 0.15) is 18.9 Å². The van der Waals surface area contributed by atoms with E-state index in [1.54, 1.807) is 19.1 Å². The van der Waals surface area contributed by atoms with E-state index in [1.165, 1.54) is 12.1 Å². The maximum Gasteiger partial charge on any atom is 0.297 e. The molecule has 1 atom stereocenters. The van der Waals surface area contributed by atoms with Crippen LogP contribution in [-0.2, 0) is 14.3 Å². The molecule has 0 fully saturated rings. The molecule has 90 valence electrons. The van der Waals surface area contributed by atoms with E-state index in [0.717, 1.165) is 5.56 Å². The molecular weight excluding hydrogens is 228 g/mol. The first-order valence-corrected chi connectivity index (χ1v) is 6.50. The van der Waals surface area contributed by atoms with Gasteiger partial charge >= 0.3 is 0 Å². The zero-order valence-electron chi connectivity index (χ0n) is 9.38. The summed E-state index contributed by atoms with van der Waals surface area (Å²) in [6.07, 6.45) is -0.288. The molecule has 0 aliphatic carbocycles. The van der Waals surface area contributed by atoms with E-state index in [4.69, 9.17) is 4.18 Å². The Labute approximate surface area is 96.0 Å². The molecule has 0 amide bonds. The molecule has 0 radical (unpaired) electrons. The van der Waals surface area contributed by atoms with E-state index in [-0.39, 0.29) is 11.5 Å². The van der Waals surface area contributed by atoms with Crippen LogP contribution in [0.4, 0.5) is 0 Å². The van der Waals surface area contributed by atoms with Crippen molar-refractivity contribution < 1.29 is 17.7 Å². The summed E-state index contributed by atoms with van der Waals surface area (Å²) in [5, 5.41) is 9.22. The summed E-state index contributed by atoms with van der Waals surface area (Å²) in [6, 6.07) is 6.38. The van der Waals surface area contributed by atoms with Gasteiger partial charge in [-0.15, -0.1) is 0 Å². The standard InChI is InChI=1S/C11H16O4S/c1-3-10(12)8-15-16(13,14)11-6-4-9(2)5-7-11/h4-7,10,12H,3,8H2,1-2H3/t10-/m1/s1. The molecule has 1 rings (SSSR count). The number of benzene rings is 1. The number of rotatable bonds is 5. The third-order valence-corrected chi connectivity index (χ3v) is 3.49. The fourth-order valence-electron chi connectivity index (χ4n) is 1.06. The summed E-state index contributed by atoms with van der Waals surface area (Å²) in [7, 11) is -3.74. The molecule has 0 heterocycles. The van der Waals surface area contributed by atoms with Gasteiger partial charge in [0.15, 0.2) is 0 Å². The van der Waals surface area contributed by atoms with Gasteiger partial charge in [0.25, 0.3) is 10.1 Å². The van der Waals surface area contributed by atoms with Gasteiger partial charge in [0.05, 0.1) is 17.6 Å². The summed E-state index contributed by atoms with van der Waals surface area (Å²) in [4.78, 5) is 0.112. The van der Waals surface area contributed by atoms with Crippen molar-refractivity contribution in [1.29, 1.82) is 0 Å². The Morgan fingerprint density at radius 3 is 2.38 bits per heavy atom. The van der Waals surface area contributed by atoms with Crippen LogP contribution in [0.2, 0.25) is 0 Å². The van der Waals surface area contributed by atoms with E-state index in [9.17, 15) is 13.5 Å². The highest BCUT2D eigenvalue weighted by Crippen LogP contribution is 2.13. The Morgan fingerprint density at radius 2 is 1.88 bits per heavy atom. The molecule has 0 spiro atoms. The van der Waals surface area contributed by atoms with Crippen molar-refractivity contribution in [3.05, 3.63) is 29.8 Å². The first kappa shape index (κ1) is 13.2. The fraction of sp³-hybridized carbons (Fsp3) is 0.455. The van der Waals surface area contributed by atoms with Crippen molar-refractivity contribution in [2.75, 3.05) is 6.61 Å². The Hall–Kier alpha value is -0.910. The number of aliphatic hydroxyl groups is 1. The second-order valence-electron chi connectivity index (χ2n) is 3.61. The number of hydrogen-bond acceptors (Lipinski definition) is 4. The maximum atomic E-state index is 11.6. The van der Waals surface area contributed by atoms with Gasteiger partial charge in [-0.1, -0.05) is 24.6 Å². The van der Waals surface area contributed by atoms with Crippen molar-refractivity contribution in [2.24, 2.45) is 0 Å². The molecule has 1 aromatic carbocycles. The third kappa shape index (κ3) is 3.59. The van der Waals surface area contributed by atoms with Crippen molar-refractivity contribution >= 4 is 10.1 Å². The topological polar surface area (TPSA) is 63.6 Å². The summed E-state index contributed by atoms with van der Waals surface area (Å²) < 4.78 is 28.0. The van der Waals surface area contributed by atoms with Crippen LogP contribution in [0.15, 0.2) is 29.2 Å². The normalized spacial score (nSPS) is 13.7. The SMILES string of the molecule is CC[C@@H](O)COS(=O)(=O)c1ccc(C)cc1. The Balaban J connectivity index is 2.74. The van der Waals surface area contributed by atoms with Crippen LogP contribution in [0.25, 0.3) is 0 Å². The molecule has 0 aliphatic heterocycles. The molecule has 1 aromatic rings. The molecule has 0 aromatic heterocycles. The monoisotopic (exact) mass is 244 g/mol. The van der Waals surface area contributed by atoms with Gasteiger partial charge in [0, 0.05) is 0 Å². The van der Waals surface area contributed by atoms with Crippen LogP contribution < -0.4 is 0 Å². The van der Waals surface area contributed by atoms with Gasteiger partial charge in [-0.05, 0) is 25.5 Å². The highest BCUT2D eigenvalue weighted by Gasteiger charge is 2.16. The van der Waals surface area contributed by atoms with Crippen LogP contribution >= 0.6 is 0 Å². The average Bonchev–Trinajstić information content (AvgIpc) is 2.26. The van der Waals surface area contributed by atoms with Crippen LogP contribution in [-0.4, -0.2) is 26.2 Å². The number of hydrogen-bond donors (Lipinski definition) is 1. The maximum absolute atomic E-state index is 11.6. The minimum Gasteiger partial charge on any atom is -0.391 e. The van der Waals surface area contributed by atoms with E-state index in [0.29, 0.717) is 6.42 Å². The third-order valence-electron chi connectivity index (χ3n) is 2.20. The van der Waals surface area contributed by atoms with Crippen molar-refractivity contribution in [1.82, 2.24) is 0 Å². The lowest BCUT2D eigenvalue weighted by Gasteiger charge is -2.09. The zero-order valence-corrected chi connectivity index (χ0v) is 10.2. The average molecular weight is 244 g/mol. The van der Waals surface area contributed by atoms with Crippen LogP contribution in [0.5, 0.6) is 0 Å². The lowest BCUT2D eigenvalue weighted by Crippen LogP contribution is -2.18. The Morgan fingerprint density at radius 1 is 1.31 bits per heavy atom. The van der Waals surface area contributed by atoms with Gasteiger partial charge < -0.3 is 5.11 Å². The van der Waals surface area contributed by atoms with Gasteiger partial charge in [-0.25, -0.2) is 0 Å². The van der Waals surface area contributed by atoms with Crippen LogP contribution in [0, 0.1) is 6.92 Å². The highest BCUT2D eigenvalue weighted by molar-refractivity contribution is 7.86. The lowest BCUT2D eigenvalue weighted by molar-refractivity contribution is 0.107. The lowest BCUT2D eigenvalue weighted by atomic mass is 10.2. The molecule has 0 saturated carbocycles. The molecule has 16 heavy (non-hydrogen) atoms. The van der Waals surface area contributed by atoms with E-state index < -0.39 is 16.2 Å². The fourth-order valence-corrected chi connectivity index (χ4v) is 2.00.